The van der Waals surface area contributed by atoms with Crippen LogP contribution in [-0.2, 0) is 26.2 Å². The molecule has 1 atom stereocenters. The Labute approximate surface area is 189 Å². The summed E-state index contributed by atoms with van der Waals surface area (Å²) in [5.41, 5.74) is 2.88. The Balaban J connectivity index is 1.73. The summed E-state index contributed by atoms with van der Waals surface area (Å²) in [6, 6.07) is 22.7. The third-order valence-electron chi connectivity index (χ3n) is 4.87. The Morgan fingerprint density at radius 3 is 2.22 bits per heavy atom. The number of rotatable bonds is 10. The molecule has 0 aliphatic heterocycles. The molecule has 0 amide bonds. The van der Waals surface area contributed by atoms with Gasteiger partial charge in [-0.3, -0.25) is 4.79 Å². The van der Waals surface area contributed by atoms with Crippen molar-refractivity contribution in [2.75, 3.05) is 6.61 Å². The predicted molar refractivity (Wildman–Crippen MR) is 123 cm³/mol. The molecule has 0 radical (unpaired) electrons. The Morgan fingerprint density at radius 2 is 1.59 bits per heavy atom. The van der Waals surface area contributed by atoms with E-state index in [-0.39, 0.29) is 29.1 Å². The van der Waals surface area contributed by atoms with E-state index in [4.69, 9.17) is 8.92 Å². The topological polar surface area (TPSA) is 81.7 Å². The average Bonchev–Trinajstić information content (AvgIpc) is 2.78. The Bertz CT molecular complexity index is 1110. The first-order valence-electron chi connectivity index (χ1n) is 10.4. The molecule has 32 heavy (non-hydrogen) atoms. The van der Waals surface area contributed by atoms with Crippen LogP contribution in [0.15, 0.2) is 83.8 Å². The van der Waals surface area contributed by atoms with Crippen LogP contribution in [-0.4, -0.2) is 21.0 Å². The minimum Gasteiger partial charge on any atom is -0.466 e. The monoisotopic (exact) mass is 453 g/mol. The van der Waals surface area contributed by atoms with Gasteiger partial charge in [-0.2, -0.15) is 8.42 Å². The van der Waals surface area contributed by atoms with Gasteiger partial charge in [0, 0.05) is 12.6 Å². The number of esters is 1. The fraction of sp³-hybridized carbons (Fsp3) is 0.240. The van der Waals surface area contributed by atoms with Crippen LogP contribution in [0.1, 0.15) is 36.1 Å². The van der Waals surface area contributed by atoms with Gasteiger partial charge in [0.2, 0.25) is 0 Å². The molecule has 0 bridgehead atoms. The van der Waals surface area contributed by atoms with Gasteiger partial charge in [0.25, 0.3) is 0 Å². The van der Waals surface area contributed by atoms with Crippen molar-refractivity contribution in [3.05, 3.63) is 95.6 Å². The minimum absolute atomic E-state index is 0.0943. The zero-order valence-corrected chi connectivity index (χ0v) is 19.0. The van der Waals surface area contributed by atoms with Crippen LogP contribution in [0.2, 0.25) is 0 Å². The van der Waals surface area contributed by atoms with Gasteiger partial charge < -0.3 is 14.2 Å². The van der Waals surface area contributed by atoms with Crippen LogP contribution in [0.3, 0.4) is 0 Å². The van der Waals surface area contributed by atoms with Crippen molar-refractivity contribution < 1.29 is 22.1 Å². The molecule has 7 heteroatoms. The molecule has 168 valence electrons. The first kappa shape index (κ1) is 23.5. The summed E-state index contributed by atoms with van der Waals surface area (Å²) in [6.45, 7) is 4.54. The van der Waals surface area contributed by atoms with Gasteiger partial charge in [-0.15, -0.1) is 0 Å². The van der Waals surface area contributed by atoms with E-state index >= 15 is 0 Å². The highest BCUT2D eigenvalue weighted by atomic mass is 32.2. The molecule has 3 rings (SSSR count). The molecule has 0 spiro atoms. The number of nitrogens with one attached hydrogen (secondary N) is 1. The maximum absolute atomic E-state index is 12.5. The molecule has 1 N–H and O–H groups in total. The van der Waals surface area contributed by atoms with E-state index in [2.05, 4.69) is 5.32 Å². The van der Waals surface area contributed by atoms with Crippen LogP contribution in [0, 0.1) is 6.92 Å². The summed E-state index contributed by atoms with van der Waals surface area (Å²) in [5.74, 6) is -0.104. The minimum atomic E-state index is -3.93. The van der Waals surface area contributed by atoms with E-state index in [0.717, 1.165) is 16.7 Å². The molecule has 1 unspecified atom stereocenters. The molecule has 0 heterocycles. The lowest BCUT2D eigenvalue weighted by Crippen LogP contribution is -2.24. The van der Waals surface area contributed by atoms with E-state index in [9.17, 15) is 13.2 Å². The number of carbonyl (C=O) groups is 1. The highest BCUT2D eigenvalue weighted by molar-refractivity contribution is 7.87. The molecule has 6 nitrogen and oxygen atoms in total. The molecular formula is C25H27NO5S. The van der Waals surface area contributed by atoms with Crippen molar-refractivity contribution >= 4 is 16.1 Å². The predicted octanol–water partition coefficient (Wildman–Crippen LogP) is 4.55. The number of benzene rings is 3. The van der Waals surface area contributed by atoms with Gasteiger partial charge in [0.15, 0.2) is 0 Å². The second-order valence-electron chi connectivity index (χ2n) is 7.35. The first-order valence-corrected chi connectivity index (χ1v) is 11.8. The summed E-state index contributed by atoms with van der Waals surface area (Å²) in [6.07, 6.45) is 0.155. The van der Waals surface area contributed by atoms with Crippen LogP contribution in [0.5, 0.6) is 5.75 Å². The largest absolute Gasteiger partial charge is 0.466 e. The van der Waals surface area contributed by atoms with Crippen LogP contribution < -0.4 is 9.50 Å². The second-order valence-corrected chi connectivity index (χ2v) is 8.89. The first-order chi connectivity index (χ1) is 15.4. The summed E-state index contributed by atoms with van der Waals surface area (Å²) in [7, 11) is -3.93. The summed E-state index contributed by atoms with van der Waals surface area (Å²) in [4.78, 5) is 12.2. The zero-order valence-electron chi connectivity index (χ0n) is 18.2. The van der Waals surface area contributed by atoms with Gasteiger partial charge in [-0.05, 0) is 49.2 Å². The third kappa shape index (κ3) is 6.67. The van der Waals surface area contributed by atoms with Crippen molar-refractivity contribution in [3.8, 4) is 5.75 Å². The number of hydrogen-bond donors (Lipinski definition) is 1. The molecule has 0 fully saturated rings. The number of aryl methyl sites for hydroxylation is 1. The highest BCUT2D eigenvalue weighted by Crippen LogP contribution is 2.24. The SMILES string of the molecule is CCOC(=O)CC(NCc1ccccc1)c1ccc(OS(=O)(=O)c2ccc(C)cc2)cc1. The van der Waals surface area contributed by atoms with Crippen molar-refractivity contribution in [2.24, 2.45) is 0 Å². The zero-order chi connectivity index (χ0) is 23.0. The lowest BCUT2D eigenvalue weighted by atomic mass is 10.0. The van der Waals surface area contributed by atoms with E-state index in [0.29, 0.717) is 13.2 Å². The Kier molecular flexibility index (Phi) is 8.03. The molecular weight excluding hydrogens is 426 g/mol. The van der Waals surface area contributed by atoms with Crippen LogP contribution in [0.4, 0.5) is 0 Å². The van der Waals surface area contributed by atoms with Crippen LogP contribution >= 0.6 is 0 Å². The van der Waals surface area contributed by atoms with E-state index in [1.165, 1.54) is 12.1 Å². The van der Waals surface area contributed by atoms with E-state index < -0.39 is 10.1 Å². The second kappa shape index (κ2) is 10.9. The quantitative estimate of drug-likeness (QED) is 0.358. The highest BCUT2D eigenvalue weighted by Gasteiger charge is 2.19. The lowest BCUT2D eigenvalue weighted by molar-refractivity contribution is -0.143. The molecule has 3 aromatic carbocycles. The average molecular weight is 454 g/mol. The molecule has 0 saturated heterocycles. The number of carbonyl (C=O) groups excluding carboxylic acids is 1. The molecule has 0 aliphatic carbocycles. The molecule has 0 aliphatic rings. The van der Waals surface area contributed by atoms with Gasteiger partial charge >= 0.3 is 16.1 Å². The fourth-order valence-electron chi connectivity index (χ4n) is 3.17. The summed E-state index contributed by atoms with van der Waals surface area (Å²) >= 11 is 0. The Morgan fingerprint density at radius 1 is 0.938 bits per heavy atom. The van der Waals surface area contributed by atoms with Crippen molar-refractivity contribution in [2.45, 2.75) is 37.8 Å². The van der Waals surface area contributed by atoms with Crippen molar-refractivity contribution in [3.63, 3.8) is 0 Å². The van der Waals surface area contributed by atoms with Crippen molar-refractivity contribution in [1.82, 2.24) is 5.32 Å². The molecule has 0 saturated carbocycles. The van der Waals surface area contributed by atoms with Gasteiger partial charge in [0.1, 0.15) is 10.6 Å². The van der Waals surface area contributed by atoms with E-state index in [1.54, 1.807) is 43.3 Å². The van der Waals surface area contributed by atoms with Gasteiger partial charge in [-0.25, -0.2) is 0 Å². The molecule has 0 aromatic heterocycles. The number of hydrogen-bond acceptors (Lipinski definition) is 6. The fourth-order valence-corrected chi connectivity index (χ4v) is 4.10. The smallest absolute Gasteiger partial charge is 0.339 e. The van der Waals surface area contributed by atoms with Gasteiger partial charge in [0.05, 0.1) is 13.0 Å². The van der Waals surface area contributed by atoms with Crippen LogP contribution in [0.25, 0.3) is 0 Å². The van der Waals surface area contributed by atoms with E-state index in [1.807, 2.05) is 37.3 Å². The Hall–Kier alpha value is -3.16. The third-order valence-corrected chi connectivity index (χ3v) is 6.13. The summed E-state index contributed by atoms with van der Waals surface area (Å²) in [5, 5.41) is 3.38. The summed E-state index contributed by atoms with van der Waals surface area (Å²) < 4.78 is 35.4. The maximum atomic E-state index is 12.5. The standard InChI is InChI=1S/C25H27NO5S/c1-3-30-25(27)17-24(26-18-20-7-5-4-6-8-20)21-11-13-22(14-12-21)31-32(28,29)23-15-9-19(2)10-16-23/h4-16,24,26H,3,17-18H2,1-2H3. The van der Waals surface area contributed by atoms with Gasteiger partial charge in [-0.1, -0.05) is 60.2 Å². The molecule has 3 aromatic rings. The van der Waals surface area contributed by atoms with Crippen molar-refractivity contribution in [1.29, 1.82) is 0 Å². The lowest BCUT2D eigenvalue weighted by Gasteiger charge is -2.19. The maximum Gasteiger partial charge on any atom is 0.339 e. The normalized spacial score (nSPS) is 12.2. The number of ether oxygens (including phenoxy) is 1.